The van der Waals surface area contributed by atoms with E-state index in [0.29, 0.717) is 0 Å². The summed E-state index contributed by atoms with van der Waals surface area (Å²) in [5, 5.41) is 0. The van der Waals surface area contributed by atoms with Gasteiger partial charge in [0.2, 0.25) is 0 Å². The van der Waals surface area contributed by atoms with Crippen molar-refractivity contribution in [3.63, 3.8) is 0 Å². The second kappa shape index (κ2) is 5.59. The molecule has 22 heavy (non-hydrogen) atoms. The maximum Gasteiger partial charge on any atom is 0.0642 e. The topological polar surface area (TPSA) is 4.93 Å². The first-order valence-corrected chi connectivity index (χ1v) is 9.37. The molecule has 3 heteroatoms. The van der Waals surface area contributed by atoms with Gasteiger partial charge in [-0.1, -0.05) is 62.6 Å². The first-order valence-electron chi connectivity index (χ1n) is 7.22. The molecule has 0 aliphatic heterocycles. The normalized spacial score (nSPS) is 11.0. The summed E-state index contributed by atoms with van der Waals surface area (Å²) < 4.78 is 4.95. The molecule has 0 atom stereocenters. The third-order valence-corrected chi connectivity index (χ3v) is 6.19. The van der Waals surface area contributed by atoms with E-state index in [0.717, 1.165) is 0 Å². The Labute approximate surface area is 136 Å². The van der Waals surface area contributed by atoms with Crippen LogP contribution in [0.2, 0.25) is 0 Å². The summed E-state index contributed by atoms with van der Waals surface area (Å²) in [6.07, 6.45) is 0. The van der Waals surface area contributed by atoms with Crippen LogP contribution in [0.15, 0.2) is 72.8 Å². The van der Waals surface area contributed by atoms with Gasteiger partial charge in [-0.3, -0.25) is 0 Å². The van der Waals surface area contributed by atoms with Gasteiger partial charge >= 0.3 is 0 Å². The molecule has 0 spiro atoms. The van der Waals surface area contributed by atoms with Crippen molar-refractivity contribution in [3.05, 3.63) is 78.4 Å². The summed E-state index contributed by atoms with van der Waals surface area (Å²) in [5.74, 6) is 0. The van der Waals surface area contributed by atoms with Gasteiger partial charge in [0.1, 0.15) is 0 Å². The maximum absolute atomic E-state index is 2.36. The summed E-state index contributed by atoms with van der Waals surface area (Å²) in [6, 6.07) is 26.0. The van der Waals surface area contributed by atoms with Gasteiger partial charge in [-0.05, 0) is 43.3 Å². The smallest absolute Gasteiger partial charge is 0.0642 e. The zero-order chi connectivity index (χ0) is 14.9. The van der Waals surface area contributed by atoms with Crippen LogP contribution in [0.3, 0.4) is 0 Å². The van der Waals surface area contributed by atoms with Gasteiger partial charge in [0.15, 0.2) is 0 Å². The number of hydrogen-bond donors (Lipinski definition) is 0. The number of para-hydroxylation sites is 2. The number of rotatable bonds is 1. The van der Waals surface area contributed by atoms with Gasteiger partial charge in [-0.15, -0.1) is 0 Å². The number of fused-ring (bicyclic) bond motifs is 2. The molecule has 4 rings (SSSR count). The van der Waals surface area contributed by atoms with Crippen LogP contribution in [0.4, 0.5) is 0 Å². The number of aromatic nitrogens is 1. The van der Waals surface area contributed by atoms with Crippen LogP contribution in [0.1, 0.15) is 5.56 Å². The monoisotopic (exact) mass is 321 g/mol. The first kappa shape index (κ1) is 13.6. The lowest BCUT2D eigenvalue weighted by Gasteiger charge is -2.11. The van der Waals surface area contributed by atoms with Gasteiger partial charge < -0.3 is 4.57 Å². The minimum atomic E-state index is 1.20. The van der Waals surface area contributed by atoms with E-state index >= 15 is 0 Å². The quantitative estimate of drug-likeness (QED) is 0.360. The Bertz CT molecular complexity index is 927. The zero-order valence-corrected chi connectivity index (χ0v) is 13.8. The third-order valence-electron chi connectivity index (χ3n) is 3.73. The van der Waals surface area contributed by atoms with E-state index < -0.39 is 0 Å². The Hall–Kier alpha value is -2.10. The maximum atomic E-state index is 2.36. The Kier molecular flexibility index (Phi) is 3.45. The van der Waals surface area contributed by atoms with E-state index in [4.69, 9.17) is 0 Å². The highest BCUT2D eigenvalue weighted by molar-refractivity contribution is 7.73. The SMILES string of the molecule is Cc1ccc(-n2c3ccccc3ssc3ccccc32)cc1. The predicted octanol–water partition coefficient (Wildman–Crippen LogP) is 6.34. The number of nitrogens with zero attached hydrogens (tertiary/aromatic N) is 1. The highest BCUT2D eigenvalue weighted by Gasteiger charge is 2.05. The average Bonchev–Trinajstić information content (AvgIpc) is 2.73. The second-order valence-corrected chi connectivity index (χ2v) is 7.49. The molecule has 1 nitrogen and oxygen atoms in total. The summed E-state index contributed by atoms with van der Waals surface area (Å²) in [6.45, 7) is 2.12. The van der Waals surface area contributed by atoms with Crippen LogP contribution in [-0.4, -0.2) is 4.57 Å². The lowest BCUT2D eigenvalue weighted by Crippen LogP contribution is -1.96. The number of hydrogen-bond acceptors (Lipinski definition) is 2. The Morgan fingerprint density at radius 3 is 1.68 bits per heavy atom. The van der Waals surface area contributed by atoms with Gasteiger partial charge in [0.05, 0.1) is 20.4 Å². The minimum Gasteiger partial charge on any atom is -0.308 e. The van der Waals surface area contributed by atoms with Crippen LogP contribution in [0.25, 0.3) is 26.1 Å². The molecule has 0 radical (unpaired) electrons. The molecule has 0 saturated heterocycles. The van der Waals surface area contributed by atoms with E-state index in [2.05, 4.69) is 84.3 Å². The molecule has 1 aromatic heterocycles. The molecule has 0 bridgehead atoms. The molecule has 0 amide bonds. The van der Waals surface area contributed by atoms with Crippen LogP contribution >= 0.6 is 20.7 Å². The molecule has 0 N–H and O–H groups in total. The lowest BCUT2D eigenvalue weighted by molar-refractivity contribution is 1.17. The third kappa shape index (κ3) is 2.32. The van der Waals surface area contributed by atoms with Crippen molar-refractivity contribution in [2.24, 2.45) is 0 Å². The predicted molar refractivity (Wildman–Crippen MR) is 98.9 cm³/mol. The first-order chi connectivity index (χ1) is 10.8. The van der Waals surface area contributed by atoms with Crippen LogP contribution in [0.5, 0.6) is 0 Å². The van der Waals surface area contributed by atoms with Crippen molar-refractivity contribution in [2.75, 3.05) is 0 Å². The van der Waals surface area contributed by atoms with E-state index in [1.54, 1.807) is 0 Å². The molecule has 4 aromatic rings. The van der Waals surface area contributed by atoms with E-state index in [9.17, 15) is 0 Å². The van der Waals surface area contributed by atoms with Crippen molar-refractivity contribution in [2.45, 2.75) is 6.92 Å². The molecular weight excluding hydrogens is 306 g/mol. The summed E-state index contributed by atoms with van der Waals surface area (Å²) in [7, 11) is 3.66. The van der Waals surface area contributed by atoms with E-state index in [-0.39, 0.29) is 0 Å². The highest BCUT2D eigenvalue weighted by Crippen LogP contribution is 2.30. The fourth-order valence-electron chi connectivity index (χ4n) is 2.62. The van der Waals surface area contributed by atoms with Crippen LogP contribution in [0, 0.1) is 6.92 Å². The fraction of sp³-hybridized carbons (Fsp3) is 0.0526. The molecule has 0 unspecified atom stereocenters. The summed E-state index contributed by atoms with van der Waals surface area (Å²) in [5.41, 5.74) is 4.97. The van der Waals surface area contributed by atoms with Crippen LogP contribution < -0.4 is 0 Å². The van der Waals surface area contributed by atoms with E-state index in [1.807, 2.05) is 20.7 Å². The molecule has 0 fully saturated rings. The molecular formula is C19H15NS2. The number of benzene rings is 3. The highest BCUT2D eigenvalue weighted by atomic mass is 32.9. The van der Waals surface area contributed by atoms with Gasteiger partial charge in [-0.2, -0.15) is 0 Å². The Balaban J connectivity index is 2.23. The van der Waals surface area contributed by atoms with Gasteiger partial charge in [-0.25, -0.2) is 0 Å². The molecule has 0 saturated carbocycles. The number of aryl methyl sites for hydroxylation is 1. The summed E-state index contributed by atoms with van der Waals surface area (Å²) in [4.78, 5) is 0. The molecule has 108 valence electrons. The van der Waals surface area contributed by atoms with Crippen LogP contribution in [-0.2, 0) is 0 Å². The van der Waals surface area contributed by atoms with Gasteiger partial charge in [0, 0.05) is 5.69 Å². The molecule has 0 aliphatic carbocycles. The van der Waals surface area contributed by atoms with Crippen molar-refractivity contribution in [1.29, 1.82) is 0 Å². The molecule has 1 heterocycles. The van der Waals surface area contributed by atoms with Gasteiger partial charge in [0.25, 0.3) is 0 Å². The van der Waals surface area contributed by atoms with Crippen molar-refractivity contribution in [1.82, 2.24) is 4.57 Å². The summed E-state index contributed by atoms with van der Waals surface area (Å²) >= 11 is 0. The molecule has 3 aromatic carbocycles. The van der Waals surface area contributed by atoms with Crippen molar-refractivity contribution in [3.8, 4) is 5.69 Å². The lowest BCUT2D eigenvalue weighted by atomic mass is 10.2. The minimum absolute atomic E-state index is 1.20. The largest absolute Gasteiger partial charge is 0.308 e. The Morgan fingerprint density at radius 2 is 1.14 bits per heavy atom. The van der Waals surface area contributed by atoms with Crippen molar-refractivity contribution < 1.29 is 0 Å². The Morgan fingerprint density at radius 1 is 0.636 bits per heavy atom. The second-order valence-electron chi connectivity index (χ2n) is 5.27. The zero-order valence-electron chi connectivity index (χ0n) is 12.2. The fourth-order valence-corrected chi connectivity index (χ4v) is 4.94. The standard InChI is InChI=1S/C19H15NS2/c1-14-10-12-15(13-11-14)20-16-6-2-4-8-18(16)21-22-19-9-5-3-7-17(19)20/h2-13H,1H3. The average molecular weight is 321 g/mol. The van der Waals surface area contributed by atoms with Crippen molar-refractivity contribution >= 4 is 41.1 Å². The molecule has 0 aliphatic rings. The van der Waals surface area contributed by atoms with E-state index in [1.165, 1.54) is 31.7 Å².